The van der Waals surface area contributed by atoms with Gasteiger partial charge in [-0.3, -0.25) is 14.3 Å². The molecular weight excluding hydrogens is 278 g/mol. The maximum Gasteiger partial charge on any atom is 0.305 e. The molecule has 1 fully saturated rings. The van der Waals surface area contributed by atoms with Crippen molar-refractivity contribution in [1.29, 1.82) is 0 Å². The first-order chi connectivity index (χ1) is 9.56. The Bertz CT molecular complexity index is 527. The van der Waals surface area contributed by atoms with Gasteiger partial charge in [-0.25, -0.2) is 0 Å². The first-order valence-electron chi connectivity index (χ1n) is 6.33. The number of carboxylic acid groups (broad SMARTS) is 1. The molecule has 0 aromatic carbocycles. The van der Waals surface area contributed by atoms with Gasteiger partial charge in [-0.2, -0.15) is 16.9 Å². The topological polar surface area (TPSA) is 75.4 Å². The van der Waals surface area contributed by atoms with Gasteiger partial charge in [-0.15, -0.1) is 0 Å². The Morgan fingerprint density at radius 2 is 2.40 bits per heavy atom. The lowest BCUT2D eigenvalue weighted by Crippen LogP contribution is -2.46. The zero-order valence-electron chi connectivity index (χ0n) is 11.2. The fraction of sp³-hybridized carbons (Fsp3) is 0.462. The van der Waals surface area contributed by atoms with Crippen LogP contribution in [0.1, 0.15) is 12.0 Å². The molecule has 0 spiro atoms. The van der Waals surface area contributed by atoms with Crippen molar-refractivity contribution in [2.45, 2.75) is 12.5 Å². The van der Waals surface area contributed by atoms with E-state index < -0.39 is 5.97 Å². The van der Waals surface area contributed by atoms with Crippen LogP contribution in [0.25, 0.3) is 6.08 Å². The molecule has 1 aliphatic heterocycles. The summed E-state index contributed by atoms with van der Waals surface area (Å²) in [6.45, 7) is 0.596. The maximum atomic E-state index is 12.2. The maximum absolute atomic E-state index is 12.2. The van der Waals surface area contributed by atoms with E-state index >= 15 is 0 Å². The van der Waals surface area contributed by atoms with E-state index in [1.54, 1.807) is 33.6 Å². The fourth-order valence-electron chi connectivity index (χ4n) is 2.11. The summed E-state index contributed by atoms with van der Waals surface area (Å²) in [7, 11) is 1.81. The van der Waals surface area contributed by atoms with Gasteiger partial charge in [0.2, 0.25) is 5.91 Å². The van der Waals surface area contributed by atoms with E-state index in [9.17, 15) is 9.59 Å². The highest BCUT2D eigenvalue weighted by molar-refractivity contribution is 7.99. The summed E-state index contributed by atoms with van der Waals surface area (Å²) >= 11 is 1.69. The van der Waals surface area contributed by atoms with Crippen LogP contribution in [0.4, 0.5) is 0 Å². The fourth-order valence-corrected chi connectivity index (χ4v) is 3.17. The molecule has 1 aromatic heterocycles. The van der Waals surface area contributed by atoms with Gasteiger partial charge >= 0.3 is 5.97 Å². The quantitative estimate of drug-likeness (QED) is 0.834. The van der Waals surface area contributed by atoms with Gasteiger partial charge < -0.3 is 10.0 Å². The summed E-state index contributed by atoms with van der Waals surface area (Å²) in [5, 5.41) is 12.9. The predicted molar refractivity (Wildman–Crippen MR) is 77.3 cm³/mol. The van der Waals surface area contributed by atoms with Crippen molar-refractivity contribution in [3.8, 4) is 0 Å². The van der Waals surface area contributed by atoms with Crippen molar-refractivity contribution in [3.63, 3.8) is 0 Å². The molecule has 6 nitrogen and oxygen atoms in total. The molecule has 0 unspecified atom stereocenters. The van der Waals surface area contributed by atoms with Crippen LogP contribution in [0.5, 0.6) is 0 Å². The Hall–Kier alpha value is -1.76. The van der Waals surface area contributed by atoms with E-state index in [0.29, 0.717) is 12.3 Å². The number of carboxylic acids is 1. The Morgan fingerprint density at radius 1 is 1.60 bits per heavy atom. The van der Waals surface area contributed by atoms with E-state index in [1.165, 1.54) is 6.08 Å². The molecule has 20 heavy (non-hydrogen) atoms. The molecule has 1 amide bonds. The second-order valence-corrected chi connectivity index (χ2v) is 5.79. The first-order valence-corrected chi connectivity index (χ1v) is 7.48. The molecule has 1 aliphatic rings. The molecular formula is C13H17N3O3S. The number of aliphatic carboxylic acids is 1. The van der Waals surface area contributed by atoms with E-state index in [0.717, 1.165) is 11.3 Å². The summed E-state index contributed by atoms with van der Waals surface area (Å²) in [6.07, 6.45) is 6.67. The molecule has 7 heteroatoms. The van der Waals surface area contributed by atoms with Crippen LogP contribution in [-0.2, 0) is 16.6 Å². The van der Waals surface area contributed by atoms with E-state index in [4.69, 9.17) is 5.11 Å². The first kappa shape index (κ1) is 14.6. The average Bonchev–Trinajstić information content (AvgIpc) is 2.82. The van der Waals surface area contributed by atoms with Crippen molar-refractivity contribution < 1.29 is 14.7 Å². The van der Waals surface area contributed by atoms with E-state index in [-0.39, 0.29) is 18.4 Å². The Morgan fingerprint density at radius 3 is 3.05 bits per heavy atom. The minimum absolute atomic E-state index is 0.000523. The number of rotatable bonds is 4. The van der Waals surface area contributed by atoms with Gasteiger partial charge in [-0.05, 0) is 6.08 Å². The number of amides is 1. The number of nitrogens with zero attached hydrogens (tertiary/aromatic N) is 3. The lowest BCUT2D eigenvalue weighted by molar-refractivity contribution is -0.139. The third-order valence-corrected chi connectivity index (χ3v) is 4.16. The van der Waals surface area contributed by atoms with Gasteiger partial charge in [0.25, 0.3) is 0 Å². The molecule has 1 atom stereocenters. The van der Waals surface area contributed by atoms with Crippen LogP contribution in [0.3, 0.4) is 0 Å². The molecule has 0 aliphatic carbocycles. The summed E-state index contributed by atoms with van der Waals surface area (Å²) in [5.74, 6) is 0.522. The highest BCUT2D eigenvalue weighted by Crippen LogP contribution is 2.19. The number of thioether (sulfide) groups is 1. The van der Waals surface area contributed by atoms with Gasteiger partial charge in [0, 0.05) is 42.9 Å². The van der Waals surface area contributed by atoms with Gasteiger partial charge in [-0.1, -0.05) is 0 Å². The number of carbonyl (C=O) groups excluding carboxylic acids is 1. The SMILES string of the molecule is Cn1cc(/C=C/C(=O)N2CCSC[C@H]2CC(=O)O)cn1. The predicted octanol–water partition coefficient (Wildman–Crippen LogP) is 0.852. The highest BCUT2D eigenvalue weighted by atomic mass is 32.2. The number of hydrogen-bond acceptors (Lipinski definition) is 4. The third kappa shape index (κ3) is 3.86. The summed E-state index contributed by atoms with van der Waals surface area (Å²) < 4.78 is 1.66. The zero-order chi connectivity index (χ0) is 14.5. The molecule has 0 radical (unpaired) electrons. The van der Waals surface area contributed by atoms with E-state index in [1.807, 2.05) is 13.2 Å². The van der Waals surface area contributed by atoms with E-state index in [2.05, 4.69) is 5.10 Å². The third-order valence-electron chi connectivity index (χ3n) is 3.06. The summed E-state index contributed by atoms with van der Waals surface area (Å²) in [4.78, 5) is 24.7. The van der Waals surface area contributed by atoms with Crippen molar-refractivity contribution in [1.82, 2.24) is 14.7 Å². The van der Waals surface area contributed by atoms with Crippen LogP contribution >= 0.6 is 11.8 Å². The lowest BCUT2D eigenvalue weighted by atomic mass is 10.2. The van der Waals surface area contributed by atoms with Crippen molar-refractivity contribution in [3.05, 3.63) is 24.0 Å². The summed E-state index contributed by atoms with van der Waals surface area (Å²) in [5.41, 5.74) is 0.849. The van der Waals surface area contributed by atoms with Crippen molar-refractivity contribution in [2.75, 3.05) is 18.1 Å². The minimum Gasteiger partial charge on any atom is -0.481 e. The smallest absolute Gasteiger partial charge is 0.305 e. The number of carbonyl (C=O) groups is 2. The largest absolute Gasteiger partial charge is 0.481 e. The summed E-state index contributed by atoms with van der Waals surface area (Å²) in [6, 6.07) is -0.225. The van der Waals surface area contributed by atoms with Crippen LogP contribution < -0.4 is 0 Å². The molecule has 0 saturated carbocycles. The Labute approximate surface area is 121 Å². The molecule has 1 N–H and O–H groups in total. The highest BCUT2D eigenvalue weighted by Gasteiger charge is 2.27. The molecule has 108 valence electrons. The second-order valence-electron chi connectivity index (χ2n) is 4.64. The van der Waals surface area contributed by atoms with Gasteiger partial charge in [0.15, 0.2) is 0 Å². The Balaban J connectivity index is 2.02. The van der Waals surface area contributed by atoms with Crippen molar-refractivity contribution in [2.24, 2.45) is 7.05 Å². The second kappa shape index (κ2) is 6.60. The van der Waals surface area contributed by atoms with Gasteiger partial charge in [0.05, 0.1) is 18.7 Å². The minimum atomic E-state index is -0.869. The zero-order valence-corrected chi connectivity index (χ0v) is 12.0. The average molecular weight is 295 g/mol. The monoisotopic (exact) mass is 295 g/mol. The lowest BCUT2D eigenvalue weighted by Gasteiger charge is -2.33. The normalized spacial score (nSPS) is 19.4. The molecule has 1 aromatic rings. The van der Waals surface area contributed by atoms with Crippen LogP contribution in [0, 0.1) is 0 Å². The molecule has 1 saturated heterocycles. The molecule has 2 rings (SSSR count). The van der Waals surface area contributed by atoms with Crippen LogP contribution in [-0.4, -0.2) is 55.8 Å². The molecule has 0 bridgehead atoms. The van der Waals surface area contributed by atoms with Gasteiger partial charge in [0.1, 0.15) is 0 Å². The Kier molecular flexibility index (Phi) is 4.84. The standard InChI is InChI=1S/C13H17N3O3S/c1-15-8-10(7-14-15)2-3-12(17)16-4-5-20-9-11(16)6-13(18)19/h2-3,7-8,11H,4-6,9H2,1H3,(H,18,19)/b3-2+/t11-/m1/s1. The number of hydrogen-bond donors (Lipinski definition) is 1. The van der Waals surface area contributed by atoms with Crippen LogP contribution in [0.2, 0.25) is 0 Å². The van der Waals surface area contributed by atoms with Crippen LogP contribution in [0.15, 0.2) is 18.5 Å². The van der Waals surface area contributed by atoms with Crippen molar-refractivity contribution >= 4 is 29.7 Å². The molecule has 2 heterocycles. The number of aromatic nitrogens is 2. The number of aryl methyl sites for hydroxylation is 1.